The summed E-state index contributed by atoms with van der Waals surface area (Å²) in [5, 5.41) is 32.2. The molecule has 98 heavy (non-hydrogen) atoms. The normalized spacial score (nSPS) is 11.6. The first kappa shape index (κ1) is 58.8. The number of fused-ring (bicyclic) bond motifs is 17. The second-order valence-corrected chi connectivity index (χ2v) is 26.8. The largest absolute Gasteiger partial charge is 1.00 e. The van der Waals surface area contributed by atoms with E-state index in [1.54, 1.807) is 18.3 Å². The number of rotatable bonds is 5. The minimum Gasteiger partial charge on any atom is -0.868 e. The van der Waals surface area contributed by atoms with Crippen molar-refractivity contribution in [3.63, 3.8) is 0 Å². The fourth-order valence-corrected chi connectivity index (χ4v) is 17.3. The predicted molar refractivity (Wildman–Crippen MR) is 409 cm³/mol. The first-order valence-electron chi connectivity index (χ1n) is 32.6. The Morgan fingerprint density at radius 2 is 0.776 bits per heavy atom. The van der Waals surface area contributed by atoms with Gasteiger partial charge in [0, 0.05) is 87.6 Å². The van der Waals surface area contributed by atoms with Crippen molar-refractivity contribution in [1.29, 1.82) is 0 Å². The summed E-state index contributed by atoms with van der Waals surface area (Å²) < 4.78 is 9.72. The Labute approximate surface area is 583 Å². The van der Waals surface area contributed by atoms with Crippen LogP contribution in [-0.2, 0) is 0 Å². The van der Waals surface area contributed by atoms with Crippen LogP contribution in [0, 0.1) is 0 Å². The molecule has 21 rings (SSSR count). The Kier molecular flexibility index (Phi) is 14.5. The summed E-state index contributed by atoms with van der Waals surface area (Å²) in [6, 6.07) is 110. The SMILES string of the molecule is [Li+].[O-]c1cccc2ccc[nH+]c12.c1ccc2c(c1)c1ccccc1n2-c1ccc2sc3c(-n4c5ccccc5c5ccccc54)nccc3c2c1.c1ccc2cc(-c3c4ccccc4c(-c4ccc5ccccc5c4)c4cc(-c5nccc6c5sc5ccccc56)ccc34)ccc2c1. The molecule has 0 aliphatic carbocycles. The van der Waals surface area contributed by atoms with Crippen molar-refractivity contribution < 1.29 is 29.0 Å². The van der Waals surface area contributed by atoms with Crippen molar-refractivity contribution in [3.05, 3.63) is 328 Å². The Balaban J connectivity index is 0.000000123. The molecule has 9 heteroatoms. The number of nitrogens with one attached hydrogen (secondary N) is 1. The number of aromatic nitrogens is 5. The third-order valence-corrected chi connectivity index (χ3v) is 21.7. The van der Waals surface area contributed by atoms with E-state index in [0.717, 1.165) is 22.5 Å². The zero-order chi connectivity index (χ0) is 64.1. The van der Waals surface area contributed by atoms with Crippen molar-refractivity contribution in [2.75, 3.05) is 0 Å². The van der Waals surface area contributed by atoms with Crippen molar-refractivity contribution in [2.45, 2.75) is 0 Å². The van der Waals surface area contributed by atoms with Gasteiger partial charge in [-0.3, -0.25) is 9.55 Å². The van der Waals surface area contributed by atoms with Crippen LogP contribution >= 0.6 is 22.7 Å². The third kappa shape index (κ3) is 9.71. The van der Waals surface area contributed by atoms with E-state index >= 15 is 0 Å². The molecule has 0 aliphatic heterocycles. The van der Waals surface area contributed by atoms with E-state index in [4.69, 9.17) is 9.97 Å². The number of thiophene rings is 2. The molecule has 454 valence electrons. The van der Waals surface area contributed by atoms with Gasteiger partial charge < -0.3 is 9.67 Å². The standard InChI is InChI=1S/C45H27NS.C35H21N3S.C9H7NO.Li/c1-3-11-30-25-32(19-17-28(30)9-1)42-36-14-5-6-15-37(36)43(33-20-18-29-10-2-4-12-31(29)26-33)40-27-34(21-22-38(40)42)44-45-39(23-24-46-44)35-13-7-8-16-41(35)47-45;1-5-13-29-23(9-1)24-10-2-6-14-30(24)37(29)22-17-18-33-28(21-22)27-19-20-36-35(34(27)39-33)38-31-15-7-3-11-25(31)26-12-4-8-16-32(26)38;11-8-5-1-3-7-4-2-6-10-9(7)8;/h1-27H;1-21H;1-6,11H;/q;;;+1. The number of aromatic amines is 1. The molecule has 0 saturated carbocycles. The van der Waals surface area contributed by atoms with Crippen LogP contribution < -0.4 is 29.0 Å². The number of nitrogens with zero attached hydrogens (tertiary/aromatic N) is 4. The molecule has 1 N–H and O–H groups in total. The van der Waals surface area contributed by atoms with Crippen molar-refractivity contribution in [3.8, 4) is 50.8 Å². The number of pyridine rings is 3. The number of H-pyrrole nitrogens is 1. The average molecular weight is 1280 g/mol. The van der Waals surface area contributed by atoms with Crippen molar-refractivity contribution in [1.82, 2.24) is 19.1 Å². The molecular formula is C89H55LiN5OS2+. The van der Waals surface area contributed by atoms with Crippen LogP contribution in [0.4, 0.5) is 0 Å². The summed E-state index contributed by atoms with van der Waals surface area (Å²) in [6.45, 7) is 0. The van der Waals surface area contributed by atoms with Gasteiger partial charge in [-0.05, 0) is 162 Å². The van der Waals surface area contributed by atoms with Crippen LogP contribution in [0.25, 0.3) is 183 Å². The number of para-hydroxylation sites is 5. The molecular weight excluding hydrogens is 1230 g/mol. The van der Waals surface area contributed by atoms with Gasteiger partial charge in [-0.25, -0.2) is 9.97 Å². The van der Waals surface area contributed by atoms with Gasteiger partial charge in [0.15, 0.2) is 12.0 Å². The van der Waals surface area contributed by atoms with Crippen LogP contribution in [0.15, 0.2) is 328 Å². The molecule has 21 aromatic rings. The fraction of sp³-hybridized carbons (Fsp3) is 0. The monoisotopic (exact) mass is 1280 g/mol. The molecule has 0 spiro atoms. The van der Waals surface area contributed by atoms with Gasteiger partial charge in [0.25, 0.3) is 0 Å². The van der Waals surface area contributed by atoms with Crippen LogP contribution in [0.2, 0.25) is 0 Å². The second-order valence-electron chi connectivity index (χ2n) is 24.7. The first-order chi connectivity index (χ1) is 48.0. The molecule has 0 aliphatic rings. The van der Waals surface area contributed by atoms with E-state index in [-0.39, 0.29) is 24.6 Å². The molecule has 6 nitrogen and oxygen atoms in total. The van der Waals surface area contributed by atoms with Gasteiger partial charge in [-0.15, -0.1) is 22.7 Å². The summed E-state index contributed by atoms with van der Waals surface area (Å²) in [7, 11) is 0. The predicted octanol–water partition coefficient (Wildman–Crippen LogP) is 20.4. The number of hydrogen-bond acceptors (Lipinski definition) is 5. The van der Waals surface area contributed by atoms with Crippen LogP contribution in [0.1, 0.15) is 0 Å². The number of hydrogen-bond donors (Lipinski definition) is 0. The second kappa shape index (κ2) is 24.2. The van der Waals surface area contributed by atoms with E-state index in [2.05, 4.69) is 293 Å². The zero-order valence-electron chi connectivity index (χ0n) is 53.2. The van der Waals surface area contributed by atoms with Crippen LogP contribution in [0.3, 0.4) is 0 Å². The third-order valence-electron chi connectivity index (χ3n) is 19.3. The van der Waals surface area contributed by atoms with Gasteiger partial charge in [0.05, 0.1) is 37.2 Å². The van der Waals surface area contributed by atoms with Crippen LogP contribution in [-0.4, -0.2) is 19.1 Å². The molecule has 0 unspecified atom stereocenters. The quantitative estimate of drug-likeness (QED) is 0.127. The molecule has 0 atom stereocenters. The molecule has 0 radical (unpaired) electrons. The summed E-state index contributed by atoms with van der Waals surface area (Å²) >= 11 is 3.66. The minimum absolute atomic E-state index is 0. The van der Waals surface area contributed by atoms with Gasteiger partial charge in [0.2, 0.25) is 5.52 Å². The van der Waals surface area contributed by atoms with Gasteiger partial charge in [-0.2, -0.15) is 0 Å². The first-order valence-corrected chi connectivity index (χ1v) is 34.3. The van der Waals surface area contributed by atoms with Gasteiger partial charge in [0.1, 0.15) is 0 Å². The molecule has 0 saturated heterocycles. The maximum Gasteiger partial charge on any atom is 1.00 e. The maximum absolute atomic E-state index is 11.1. The fourth-order valence-electron chi connectivity index (χ4n) is 14.9. The summed E-state index contributed by atoms with van der Waals surface area (Å²) in [4.78, 5) is 12.9. The summed E-state index contributed by atoms with van der Waals surface area (Å²) in [5.74, 6) is 1.03. The topological polar surface area (TPSA) is 72.8 Å². The number of benzene rings is 14. The average Bonchev–Trinajstić information content (AvgIpc) is 1.15. The Morgan fingerprint density at radius 3 is 1.40 bits per heavy atom. The summed E-state index contributed by atoms with van der Waals surface area (Å²) in [6.07, 6.45) is 5.68. The Morgan fingerprint density at radius 1 is 0.306 bits per heavy atom. The maximum atomic E-state index is 11.1. The van der Waals surface area contributed by atoms with E-state index in [1.165, 1.54) is 155 Å². The van der Waals surface area contributed by atoms with E-state index < -0.39 is 0 Å². The van der Waals surface area contributed by atoms with E-state index in [9.17, 15) is 5.11 Å². The molecule has 0 amide bonds. The molecule has 0 fully saturated rings. The van der Waals surface area contributed by atoms with Gasteiger partial charge in [-0.1, -0.05) is 212 Å². The smallest absolute Gasteiger partial charge is 0.868 e. The molecule has 0 bridgehead atoms. The van der Waals surface area contributed by atoms with Gasteiger partial charge >= 0.3 is 18.9 Å². The minimum atomic E-state index is 0. The van der Waals surface area contributed by atoms with E-state index in [1.807, 2.05) is 53.3 Å². The Bertz CT molecular complexity index is 6650. The van der Waals surface area contributed by atoms with Crippen molar-refractivity contribution >= 4 is 161 Å². The van der Waals surface area contributed by atoms with Crippen molar-refractivity contribution in [2.24, 2.45) is 0 Å². The summed E-state index contributed by atoms with van der Waals surface area (Å²) in [5.41, 5.74) is 13.8. The Hall–Kier alpha value is -11.7. The zero-order valence-corrected chi connectivity index (χ0v) is 54.8. The molecule has 7 aromatic heterocycles. The molecule has 14 aromatic carbocycles. The molecule has 7 heterocycles. The van der Waals surface area contributed by atoms with E-state index in [0.29, 0.717) is 5.52 Å². The van der Waals surface area contributed by atoms with Crippen LogP contribution in [0.5, 0.6) is 5.75 Å².